The largest absolute Gasteiger partial charge is 0.416 e. The molecule has 0 unspecified atom stereocenters. The van der Waals surface area contributed by atoms with Gasteiger partial charge in [-0.2, -0.15) is 13.2 Å². The van der Waals surface area contributed by atoms with Gasteiger partial charge < -0.3 is 15.1 Å². The van der Waals surface area contributed by atoms with E-state index >= 15 is 0 Å². The second kappa shape index (κ2) is 10.6. The molecule has 0 atom stereocenters. The van der Waals surface area contributed by atoms with Gasteiger partial charge in [0.05, 0.1) is 11.3 Å². The molecule has 4 aromatic rings. The van der Waals surface area contributed by atoms with Crippen LogP contribution in [-0.2, 0) is 19.1 Å². The highest BCUT2D eigenvalue weighted by Gasteiger charge is 2.30. The average Bonchev–Trinajstić information content (AvgIpc) is 3.29. The molecule has 6 nitrogen and oxygen atoms in total. The summed E-state index contributed by atoms with van der Waals surface area (Å²) in [6, 6.07) is 16.8. The van der Waals surface area contributed by atoms with Crippen LogP contribution in [-0.4, -0.2) is 41.5 Å². The summed E-state index contributed by atoms with van der Waals surface area (Å²) in [6.45, 7) is 5.29. The minimum absolute atomic E-state index is 0.194. The van der Waals surface area contributed by atoms with Crippen molar-refractivity contribution >= 4 is 34.5 Å². The summed E-state index contributed by atoms with van der Waals surface area (Å²) in [4.78, 5) is 21.9. The number of benzene rings is 2. The third-order valence-electron chi connectivity index (χ3n) is 6.80. The van der Waals surface area contributed by atoms with Crippen LogP contribution in [0.25, 0.3) is 5.65 Å². The molecule has 1 aliphatic heterocycles. The van der Waals surface area contributed by atoms with Crippen LogP contribution in [0.4, 0.5) is 24.5 Å². The third-order valence-corrected chi connectivity index (χ3v) is 7.04. The Morgan fingerprint density at radius 1 is 0.947 bits per heavy atom. The number of piperazine rings is 1. The lowest BCUT2D eigenvalue weighted by atomic mass is 10.1. The van der Waals surface area contributed by atoms with Gasteiger partial charge >= 0.3 is 6.18 Å². The lowest BCUT2D eigenvalue weighted by molar-refractivity contribution is -0.137. The predicted molar refractivity (Wildman–Crippen MR) is 143 cm³/mol. The molecule has 1 amide bonds. The SMILES string of the molecule is CCc1nc2cc(Cl)ccn2c1C(=O)NCc1ccc(N2CCN(c3ccc(C(F)(F)F)cc3)CC2)cc1. The minimum atomic E-state index is -4.33. The zero-order valence-corrected chi connectivity index (χ0v) is 21.6. The average molecular weight is 542 g/mol. The normalized spacial score (nSPS) is 14.2. The molecule has 1 aliphatic rings. The van der Waals surface area contributed by atoms with Gasteiger partial charge in [-0.15, -0.1) is 0 Å². The number of hydrogen-bond acceptors (Lipinski definition) is 4. The number of rotatable bonds is 6. The molecule has 198 valence electrons. The lowest BCUT2D eigenvalue weighted by Crippen LogP contribution is -2.46. The zero-order valence-electron chi connectivity index (χ0n) is 20.8. The number of amides is 1. The summed E-state index contributed by atoms with van der Waals surface area (Å²) in [7, 11) is 0. The first-order valence-corrected chi connectivity index (χ1v) is 12.8. The van der Waals surface area contributed by atoms with Crippen LogP contribution >= 0.6 is 11.6 Å². The number of nitrogens with zero attached hydrogens (tertiary/aromatic N) is 4. The van der Waals surface area contributed by atoms with Crippen molar-refractivity contribution in [1.29, 1.82) is 0 Å². The summed E-state index contributed by atoms with van der Waals surface area (Å²) in [5.74, 6) is -0.194. The molecule has 1 saturated heterocycles. The Morgan fingerprint density at radius 3 is 2.08 bits per heavy atom. The first kappa shape index (κ1) is 25.9. The quantitative estimate of drug-likeness (QED) is 0.334. The Bertz CT molecular complexity index is 1430. The number of pyridine rings is 1. The van der Waals surface area contributed by atoms with E-state index in [2.05, 4.69) is 20.1 Å². The van der Waals surface area contributed by atoms with Gasteiger partial charge in [0.1, 0.15) is 11.3 Å². The number of aromatic nitrogens is 2. The van der Waals surface area contributed by atoms with E-state index < -0.39 is 11.7 Å². The lowest BCUT2D eigenvalue weighted by Gasteiger charge is -2.37. The van der Waals surface area contributed by atoms with Crippen molar-refractivity contribution in [3.8, 4) is 0 Å². The molecule has 0 spiro atoms. The number of fused-ring (bicyclic) bond motifs is 1. The summed E-state index contributed by atoms with van der Waals surface area (Å²) in [5, 5.41) is 3.56. The fourth-order valence-corrected chi connectivity index (χ4v) is 4.88. The molecule has 2 aromatic carbocycles. The van der Waals surface area contributed by atoms with Gasteiger partial charge in [0, 0.05) is 61.4 Å². The van der Waals surface area contributed by atoms with Crippen molar-refractivity contribution in [2.24, 2.45) is 0 Å². The van der Waals surface area contributed by atoms with E-state index in [4.69, 9.17) is 11.6 Å². The molecule has 1 N–H and O–H groups in total. The Morgan fingerprint density at radius 2 is 1.53 bits per heavy atom. The van der Waals surface area contributed by atoms with Gasteiger partial charge in [-0.1, -0.05) is 30.7 Å². The standard InChI is InChI=1S/C28H27ClF3N5O/c1-2-24-26(37-12-11-21(29)17-25(37)34-24)27(38)33-18-19-3-7-22(8-4-19)35-13-15-36(16-14-35)23-9-5-20(6-10-23)28(30,31)32/h3-12,17H,2,13-16,18H2,1H3,(H,33,38). The van der Waals surface area contributed by atoms with E-state index in [1.165, 1.54) is 12.1 Å². The molecular weight excluding hydrogens is 515 g/mol. The van der Waals surface area contributed by atoms with Crippen LogP contribution < -0.4 is 15.1 Å². The maximum atomic E-state index is 13.0. The van der Waals surface area contributed by atoms with Crippen LogP contribution in [0.1, 0.15) is 34.2 Å². The molecule has 3 heterocycles. The van der Waals surface area contributed by atoms with E-state index in [-0.39, 0.29) is 5.91 Å². The zero-order chi connectivity index (χ0) is 26.9. The monoisotopic (exact) mass is 541 g/mol. The van der Waals surface area contributed by atoms with E-state index in [0.717, 1.165) is 47.9 Å². The molecule has 5 rings (SSSR count). The van der Waals surface area contributed by atoms with E-state index in [9.17, 15) is 18.0 Å². The smallest absolute Gasteiger partial charge is 0.368 e. The number of imidazole rings is 1. The number of hydrogen-bond donors (Lipinski definition) is 1. The second-order valence-electron chi connectivity index (χ2n) is 9.20. The van der Waals surface area contributed by atoms with E-state index in [0.29, 0.717) is 42.4 Å². The predicted octanol–water partition coefficient (Wildman–Crippen LogP) is 5.83. The van der Waals surface area contributed by atoms with Gasteiger partial charge in [-0.3, -0.25) is 9.20 Å². The molecule has 0 saturated carbocycles. The highest BCUT2D eigenvalue weighted by atomic mass is 35.5. The molecule has 38 heavy (non-hydrogen) atoms. The number of aryl methyl sites for hydroxylation is 1. The molecule has 2 aromatic heterocycles. The molecule has 1 fully saturated rings. The van der Waals surface area contributed by atoms with Gasteiger partial charge in [0.15, 0.2) is 0 Å². The van der Waals surface area contributed by atoms with Crippen molar-refractivity contribution in [3.05, 3.63) is 94.4 Å². The number of halogens is 4. The van der Waals surface area contributed by atoms with E-state index in [1.54, 1.807) is 22.7 Å². The maximum Gasteiger partial charge on any atom is 0.416 e. The van der Waals surface area contributed by atoms with Gasteiger partial charge in [0.25, 0.3) is 5.91 Å². The van der Waals surface area contributed by atoms with Crippen LogP contribution in [0.15, 0.2) is 66.9 Å². The first-order chi connectivity index (χ1) is 18.2. The molecule has 0 aliphatic carbocycles. The van der Waals surface area contributed by atoms with Crippen molar-refractivity contribution in [3.63, 3.8) is 0 Å². The van der Waals surface area contributed by atoms with E-state index in [1.807, 2.05) is 31.2 Å². The van der Waals surface area contributed by atoms with Crippen molar-refractivity contribution in [1.82, 2.24) is 14.7 Å². The fraction of sp³-hybridized carbons (Fsp3) is 0.286. The van der Waals surface area contributed by atoms with Crippen LogP contribution in [0.3, 0.4) is 0 Å². The number of nitrogens with one attached hydrogen (secondary N) is 1. The Labute approximate surface area is 223 Å². The summed E-state index contributed by atoms with van der Waals surface area (Å²) in [5.41, 5.74) is 4.08. The van der Waals surface area contributed by atoms with Gasteiger partial charge in [-0.05, 0) is 54.4 Å². The summed E-state index contributed by atoms with van der Waals surface area (Å²) in [6.07, 6.45) is -1.94. The molecule has 0 bridgehead atoms. The van der Waals surface area contributed by atoms with Crippen molar-refractivity contribution < 1.29 is 18.0 Å². The number of anilines is 2. The highest BCUT2D eigenvalue weighted by molar-refractivity contribution is 6.30. The van der Waals surface area contributed by atoms with Gasteiger partial charge in [-0.25, -0.2) is 4.98 Å². The van der Waals surface area contributed by atoms with Crippen LogP contribution in [0, 0.1) is 0 Å². The minimum Gasteiger partial charge on any atom is -0.368 e. The highest BCUT2D eigenvalue weighted by Crippen LogP contribution is 2.31. The topological polar surface area (TPSA) is 52.9 Å². The third kappa shape index (κ3) is 5.43. The molecule has 10 heteroatoms. The summed E-state index contributed by atoms with van der Waals surface area (Å²) >= 11 is 6.07. The Kier molecular flexibility index (Phi) is 7.21. The Balaban J connectivity index is 1.17. The van der Waals surface area contributed by atoms with Crippen molar-refractivity contribution in [2.45, 2.75) is 26.1 Å². The first-order valence-electron chi connectivity index (χ1n) is 12.4. The Hall–Kier alpha value is -3.72. The van der Waals surface area contributed by atoms with Crippen LogP contribution in [0.2, 0.25) is 5.02 Å². The van der Waals surface area contributed by atoms with Crippen molar-refractivity contribution in [2.75, 3.05) is 36.0 Å². The molecular formula is C28H27ClF3N5O. The second-order valence-corrected chi connectivity index (χ2v) is 9.64. The number of carbonyl (C=O) groups excluding carboxylic acids is 1. The van der Waals surface area contributed by atoms with Gasteiger partial charge in [0.2, 0.25) is 0 Å². The van der Waals surface area contributed by atoms with Crippen LogP contribution in [0.5, 0.6) is 0 Å². The summed E-state index contributed by atoms with van der Waals surface area (Å²) < 4.78 is 40.3. The molecule has 0 radical (unpaired) electrons. The number of alkyl halides is 3. The fourth-order valence-electron chi connectivity index (χ4n) is 4.73. The number of carbonyl (C=O) groups is 1. The maximum absolute atomic E-state index is 13.0.